The second-order valence-corrected chi connectivity index (χ2v) is 8.29. The van der Waals surface area contributed by atoms with E-state index in [2.05, 4.69) is 27.5 Å². The maximum Gasteiger partial charge on any atom is 0.257 e. The Kier molecular flexibility index (Phi) is 6.15. The Labute approximate surface area is 196 Å². The SMILES string of the molecule is CCCNc1cc(Nc2ccc(C(=O)N3CCOCC3)c3c2OCCO3)nc2[nH]cc(Cl)c12. The number of ether oxygens (including phenoxy) is 3. The van der Waals surface area contributed by atoms with E-state index in [0.29, 0.717) is 78.8 Å². The molecule has 3 N–H and O–H groups in total. The van der Waals surface area contributed by atoms with E-state index in [1.807, 2.05) is 12.1 Å². The largest absolute Gasteiger partial charge is 0.485 e. The molecule has 0 radical (unpaired) electrons. The standard InChI is InChI=1S/C23H26ClN5O4/c1-2-5-25-17-12-18(28-22-19(17)15(24)13-26-22)27-16-4-3-14(20-21(16)33-11-10-32-20)23(30)29-6-8-31-9-7-29/h3-4,12-13H,2,5-11H2,1H3,(H3,25,26,27,28). The van der Waals surface area contributed by atoms with Crippen LogP contribution in [0.2, 0.25) is 5.02 Å². The minimum atomic E-state index is -0.0850. The molecule has 0 spiro atoms. The van der Waals surface area contributed by atoms with Crippen LogP contribution in [0.3, 0.4) is 0 Å². The predicted octanol–water partition coefficient (Wildman–Crippen LogP) is 4.03. The first kappa shape index (κ1) is 21.7. The average molecular weight is 472 g/mol. The number of nitrogens with one attached hydrogen (secondary N) is 3. The first-order valence-corrected chi connectivity index (χ1v) is 11.5. The number of aromatic amines is 1. The molecule has 0 aliphatic carbocycles. The van der Waals surface area contributed by atoms with Gasteiger partial charge in [0.1, 0.15) is 24.7 Å². The van der Waals surface area contributed by atoms with Crippen LogP contribution in [-0.4, -0.2) is 66.8 Å². The number of halogens is 1. The normalized spacial score (nSPS) is 15.5. The first-order valence-electron chi connectivity index (χ1n) is 11.1. The third-order valence-corrected chi connectivity index (χ3v) is 5.94. The molecule has 0 unspecified atom stereocenters. The van der Waals surface area contributed by atoms with Crippen molar-refractivity contribution in [2.24, 2.45) is 0 Å². The van der Waals surface area contributed by atoms with Gasteiger partial charge in [-0.2, -0.15) is 0 Å². The highest BCUT2D eigenvalue weighted by Crippen LogP contribution is 2.42. The third kappa shape index (κ3) is 4.26. The molecule has 4 heterocycles. The van der Waals surface area contributed by atoms with E-state index in [4.69, 9.17) is 25.8 Å². The number of fused-ring (bicyclic) bond motifs is 2. The zero-order valence-electron chi connectivity index (χ0n) is 18.4. The van der Waals surface area contributed by atoms with Crippen LogP contribution in [0, 0.1) is 0 Å². The molecule has 1 saturated heterocycles. The molecule has 174 valence electrons. The van der Waals surface area contributed by atoms with Crippen molar-refractivity contribution >= 4 is 45.7 Å². The van der Waals surface area contributed by atoms with Crippen molar-refractivity contribution in [3.63, 3.8) is 0 Å². The molecule has 0 saturated carbocycles. The molecule has 0 bridgehead atoms. The van der Waals surface area contributed by atoms with Crippen LogP contribution >= 0.6 is 11.6 Å². The van der Waals surface area contributed by atoms with Crippen LogP contribution in [0.25, 0.3) is 11.0 Å². The van der Waals surface area contributed by atoms with E-state index in [1.165, 1.54) is 0 Å². The van der Waals surface area contributed by atoms with Crippen molar-refractivity contribution in [3.05, 3.63) is 35.0 Å². The molecule has 1 amide bonds. The highest BCUT2D eigenvalue weighted by atomic mass is 35.5. The Bertz CT molecular complexity index is 1180. The van der Waals surface area contributed by atoms with Crippen LogP contribution in [0.1, 0.15) is 23.7 Å². The summed E-state index contributed by atoms with van der Waals surface area (Å²) in [4.78, 5) is 22.7. The summed E-state index contributed by atoms with van der Waals surface area (Å²) in [6.07, 6.45) is 2.71. The number of morpholine rings is 1. The number of benzene rings is 1. The molecule has 2 aliphatic heterocycles. The average Bonchev–Trinajstić information content (AvgIpc) is 3.23. The van der Waals surface area contributed by atoms with Crippen LogP contribution < -0.4 is 20.1 Å². The summed E-state index contributed by atoms with van der Waals surface area (Å²) in [5, 5.41) is 8.21. The second kappa shape index (κ2) is 9.36. The molecule has 5 rings (SSSR count). The van der Waals surface area contributed by atoms with Crippen molar-refractivity contribution < 1.29 is 19.0 Å². The summed E-state index contributed by atoms with van der Waals surface area (Å²) < 4.78 is 17.2. The van der Waals surface area contributed by atoms with Gasteiger partial charge in [0.25, 0.3) is 5.91 Å². The van der Waals surface area contributed by atoms with Gasteiger partial charge in [0, 0.05) is 31.9 Å². The van der Waals surface area contributed by atoms with Gasteiger partial charge < -0.3 is 34.7 Å². The lowest BCUT2D eigenvalue weighted by molar-refractivity contribution is 0.0298. The van der Waals surface area contributed by atoms with E-state index in [1.54, 1.807) is 17.2 Å². The fourth-order valence-electron chi connectivity index (χ4n) is 4.04. The number of nitrogens with zero attached hydrogens (tertiary/aromatic N) is 2. The van der Waals surface area contributed by atoms with Crippen LogP contribution in [0.4, 0.5) is 17.2 Å². The molecular weight excluding hydrogens is 446 g/mol. The molecule has 3 aromatic rings. The van der Waals surface area contributed by atoms with E-state index in [9.17, 15) is 4.79 Å². The highest BCUT2D eigenvalue weighted by molar-refractivity contribution is 6.36. The van der Waals surface area contributed by atoms with Gasteiger partial charge in [-0.1, -0.05) is 18.5 Å². The monoisotopic (exact) mass is 471 g/mol. The summed E-state index contributed by atoms with van der Waals surface area (Å²) >= 11 is 6.36. The maximum absolute atomic E-state index is 13.1. The summed E-state index contributed by atoms with van der Waals surface area (Å²) in [6, 6.07) is 5.52. The fraction of sp³-hybridized carbons (Fsp3) is 0.391. The third-order valence-electron chi connectivity index (χ3n) is 5.64. The van der Waals surface area contributed by atoms with Gasteiger partial charge >= 0.3 is 0 Å². The number of amides is 1. The van der Waals surface area contributed by atoms with Gasteiger partial charge in [-0.25, -0.2) is 4.98 Å². The Morgan fingerprint density at radius 3 is 2.73 bits per heavy atom. The predicted molar refractivity (Wildman–Crippen MR) is 127 cm³/mol. The number of hydrogen-bond acceptors (Lipinski definition) is 7. The molecule has 9 nitrogen and oxygen atoms in total. The van der Waals surface area contributed by atoms with Crippen molar-refractivity contribution in [1.29, 1.82) is 0 Å². The number of anilines is 3. The fourth-order valence-corrected chi connectivity index (χ4v) is 4.28. The van der Waals surface area contributed by atoms with Crippen LogP contribution in [0.15, 0.2) is 24.4 Å². The molecule has 33 heavy (non-hydrogen) atoms. The van der Waals surface area contributed by atoms with Crippen LogP contribution in [-0.2, 0) is 4.74 Å². The minimum Gasteiger partial charge on any atom is -0.485 e. The lowest BCUT2D eigenvalue weighted by Crippen LogP contribution is -2.41. The number of pyridine rings is 1. The van der Waals surface area contributed by atoms with Crippen molar-refractivity contribution in [2.45, 2.75) is 13.3 Å². The molecule has 10 heteroatoms. The Hall–Kier alpha value is -3.17. The summed E-state index contributed by atoms with van der Waals surface area (Å²) in [5.74, 6) is 1.49. The Morgan fingerprint density at radius 1 is 1.15 bits per heavy atom. The summed E-state index contributed by atoms with van der Waals surface area (Å²) in [7, 11) is 0. The van der Waals surface area contributed by atoms with Crippen molar-refractivity contribution in [1.82, 2.24) is 14.9 Å². The topological polar surface area (TPSA) is 101 Å². The Morgan fingerprint density at radius 2 is 1.94 bits per heavy atom. The molecule has 1 fully saturated rings. The zero-order valence-corrected chi connectivity index (χ0v) is 19.1. The minimum absolute atomic E-state index is 0.0850. The van der Waals surface area contributed by atoms with Crippen LogP contribution in [0.5, 0.6) is 11.5 Å². The Balaban J connectivity index is 1.49. The molecular formula is C23H26ClN5O4. The second-order valence-electron chi connectivity index (χ2n) is 7.89. The first-order chi connectivity index (χ1) is 16.2. The van der Waals surface area contributed by atoms with Gasteiger partial charge in [-0.15, -0.1) is 0 Å². The van der Waals surface area contributed by atoms with Gasteiger partial charge in [-0.3, -0.25) is 4.79 Å². The van der Waals surface area contributed by atoms with Gasteiger partial charge in [0.15, 0.2) is 11.5 Å². The number of carbonyl (C=O) groups is 1. The molecule has 2 aromatic heterocycles. The number of hydrogen-bond donors (Lipinski definition) is 3. The van der Waals surface area contributed by atoms with Gasteiger partial charge in [-0.05, 0) is 18.6 Å². The summed E-state index contributed by atoms with van der Waals surface area (Å²) in [6.45, 7) is 5.90. The quantitative estimate of drug-likeness (QED) is 0.499. The van der Waals surface area contributed by atoms with E-state index < -0.39 is 0 Å². The van der Waals surface area contributed by atoms with Gasteiger partial charge in [0.2, 0.25) is 0 Å². The van der Waals surface area contributed by atoms with Crippen molar-refractivity contribution in [2.75, 3.05) is 56.7 Å². The lowest BCUT2D eigenvalue weighted by Gasteiger charge is -2.29. The number of carbonyl (C=O) groups excluding carboxylic acids is 1. The smallest absolute Gasteiger partial charge is 0.257 e. The van der Waals surface area contributed by atoms with E-state index in [0.717, 1.165) is 24.0 Å². The van der Waals surface area contributed by atoms with Crippen molar-refractivity contribution in [3.8, 4) is 11.5 Å². The molecule has 2 aliphatic rings. The lowest BCUT2D eigenvalue weighted by atomic mass is 10.1. The maximum atomic E-state index is 13.1. The zero-order chi connectivity index (χ0) is 22.8. The van der Waals surface area contributed by atoms with E-state index >= 15 is 0 Å². The van der Waals surface area contributed by atoms with Gasteiger partial charge in [0.05, 0.1) is 40.6 Å². The highest BCUT2D eigenvalue weighted by Gasteiger charge is 2.28. The summed E-state index contributed by atoms with van der Waals surface area (Å²) in [5.41, 5.74) is 2.73. The number of H-pyrrole nitrogens is 1. The molecule has 1 aromatic carbocycles. The van der Waals surface area contributed by atoms with E-state index in [-0.39, 0.29) is 5.91 Å². The number of aromatic nitrogens is 2. The number of rotatable bonds is 6. The molecule has 0 atom stereocenters.